The molecule has 0 unspecified atom stereocenters. The molecule has 1 heterocycles. The molecule has 0 aromatic rings. The van der Waals surface area contributed by atoms with Crippen molar-refractivity contribution in [1.82, 2.24) is 10.2 Å². The second-order valence-electron chi connectivity index (χ2n) is 3.43. The molecule has 1 aliphatic rings. The van der Waals surface area contributed by atoms with Gasteiger partial charge in [-0.25, -0.2) is 0 Å². The summed E-state index contributed by atoms with van der Waals surface area (Å²) in [4.78, 5) is 12.2. The van der Waals surface area contributed by atoms with Crippen molar-refractivity contribution in [3.05, 3.63) is 0 Å². The molecular weight excluding hydrogens is 197 g/mol. The standard InChI is InChI=1S/C8H13F3N2O/c1-12-5-3-4-6(8(9,10)11)13(2)7(5)14/h5-6,12H,3-4H2,1-2H3/t5-,6-/m0/s1. The van der Waals surface area contributed by atoms with Gasteiger partial charge in [-0.1, -0.05) is 0 Å². The summed E-state index contributed by atoms with van der Waals surface area (Å²) < 4.78 is 37.1. The molecule has 3 nitrogen and oxygen atoms in total. The lowest BCUT2D eigenvalue weighted by atomic mass is 9.98. The average molecular weight is 210 g/mol. The van der Waals surface area contributed by atoms with Gasteiger partial charge >= 0.3 is 6.18 Å². The number of likely N-dealkylation sites (N-methyl/N-ethyl adjacent to an activating group) is 2. The van der Waals surface area contributed by atoms with Gasteiger partial charge < -0.3 is 10.2 Å². The number of nitrogens with zero attached hydrogens (tertiary/aromatic N) is 1. The Morgan fingerprint density at radius 2 is 2.00 bits per heavy atom. The van der Waals surface area contributed by atoms with E-state index < -0.39 is 24.2 Å². The molecular formula is C8H13F3N2O. The summed E-state index contributed by atoms with van der Waals surface area (Å²) in [6.07, 6.45) is -4.11. The molecule has 0 spiro atoms. The van der Waals surface area contributed by atoms with Crippen LogP contribution < -0.4 is 5.32 Å². The van der Waals surface area contributed by atoms with Crippen molar-refractivity contribution in [2.45, 2.75) is 31.1 Å². The van der Waals surface area contributed by atoms with Crippen LogP contribution in [0.25, 0.3) is 0 Å². The second kappa shape index (κ2) is 3.76. The normalized spacial score (nSPS) is 29.5. The molecule has 1 amide bonds. The lowest BCUT2D eigenvalue weighted by Crippen LogP contribution is -2.57. The number of alkyl halides is 3. The van der Waals surface area contributed by atoms with Crippen LogP contribution in [0.4, 0.5) is 13.2 Å². The first kappa shape index (κ1) is 11.3. The fourth-order valence-corrected chi connectivity index (χ4v) is 1.69. The van der Waals surface area contributed by atoms with E-state index in [4.69, 9.17) is 0 Å². The fourth-order valence-electron chi connectivity index (χ4n) is 1.69. The lowest BCUT2D eigenvalue weighted by Gasteiger charge is -2.37. The van der Waals surface area contributed by atoms with Crippen molar-refractivity contribution in [3.63, 3.8) is 0 Å². The monoisotopic (exact) mass is 210 g/mol. The van der Waals surface area contributed by atoms with E-state index in [0.717, 1.165) is 4.90 Å². The van der Waals surface area contributed by atoms with Crippen LogP contribution in [0.2, 0.25) is 0 Å². The Kier molecular flexibility index (Phi) is 3.04. The van der Waals surface area contributed by atoms with E-state index in [1.165, 1.54) is 7.05 Å². The van der Waals surface area contributed by atoms with Crippen molar-refractivity contribution in [1.29, 1.82) is 0 Å². The van der Waals surface area contributed by atoms with Crippen molar-refractivity contribution in [2.75, 3.05) is 14.1 Å². The molecule has 0 aliphatic carbocycles. The number of carbonyl (C=O) groups is 1. The predicted molar refractivity (Wildman–Crippen MR) is 44.7 cm³/mol. The third-order valence-corrected chi connectivity index (χ3v) is 2.57. The van der Waals surface area contributed by atoms with Crippen LogP contribution in [-0.2, 0) is 4.79 Å². The number of nitrogens with one attached hydrogen (secondary N) is 1. The van der Waals surface area contributed by atoms with E-state index in [2.05, 4.69) is 5.32 Å². The molecule has 82 valence electrons. The minimum absolute atomic E-state index is 0.0305. The number of carbonyl (C=O) groups excluding carboxylic acids is 1. The summed E-state index contributed by atoms with van der Waals surface area (Å²) in [6.45, 7) is 0. The predicted octanol–water partition coefficient (Wildman–Crippen LogP) is 0.757. The number of amides is 1. The summed E-state index contributed by atoms with van der Waals surface area (Å²) in [7, 11) is 2.77. The Labute approximate surface area is 80.3 Å². The van der Waals surface area contributed by atoms with E-state index >= 15 is 0 Å². The number of piperidine rings is 1. The third kappa shape index (κ3) is 2.00. The van der Waals surface area contributed by atoms with Gasteiger partial charge in [-0.15, -0.1) is 0 Å². The number of hydrogen-bond donors (Lipinski definition) is 1. The summed E-state index contributed by atoms with van der Waals surface area (Å²) in [5.74, 6) is -0.485. The highest BCUT2D eigenvalue weighted by atomic mass is 19.4. The van der Waals surface area contributed by atoms with Gasteiger partial charge in [0.25, 0.3) is 0 Å². The maximum Gasteiger partial charge on any atom is 0.408 e. The minimum atomic E-state index is -4.32. The maximum atomic E-state index is 12.4. The van der Waals surface area contributed by atoms with Crippen LogP contribution in [-0.4, -0.2) is 43.2 Å². The van der Waals surface area contributed by atoms with E-state index in [1.54, 1.807) is 7.05 Å². The SMILES string of the molecule is CN[C@H]1CC[C@@H](C(F)(F)F)N(C)C1=O. The largest absolute Gasteiger partial charge is 0.408 e. The van der Waals surface area contributed by atoms with Crippen LogP contribution in [0.3, 0.4) is 0 Å². The first-order chi connectivity index (χ1) is 6.38. The Hall–Kier alpha value is -0.780. The Morgan fingerprint density at radius 1 is 1.43 bits per heavy atom. The molecule has 0 bridgehead atoms. The molecule has 0 saturated carbocycles. The number of hydrogen-bond acceptors (Lipinski definition) is 2. The van der Waals surface area contributed by atoms with Gasteiger partial charge in [-0.2, -0.15) is 13.2 Å². The van der Waals surface area contributed by atoms with E-state index in [-0.39, 0.29) is 12.8 Å². The van der Waals surface area contributed by atoms with E-state index in [9.17, 15) is 18.0 Å². The van der Waals surface area contributed by atoms with Crippen LogP contribution in [0.15, 0.2) is 0 Å². The molecule has 1 saturated heterocycles. The summed E-state index contributed by atoms with van der Waals surface area (Å²) >= 11 is 0. The molecule has 1 N–H and O–H groups in total. The van der Waals surface area contributed by atoms with Crippen molar-refractivity contribution < 1.29 is 18.0 Å². The zero-order valence-corrected chi connectivity index (χ0v) is 8.06. The Bertz CT molecular complexity index is 229. The molecule has 0 aromatic carbocycles. The van der Waals surface area contributed by atoms with Gasteiger partial charge in [-0.3, -0.25) is 4.79 Å². The van der Waals surface area contributed by atoms with Crippen LogP contribution >= 0.6 is 0 Å². The highest BCUT2D eigenvalue weighted by Gasteiger charge is 2.47. The molecule has 1 fully saturated rings. The van der Waals surface area contributed by atoms with Crippen molar-refractivity contribution >= 4 is 5.91 Å². The minimum Gasteiger partial charge on any atom is -0.332 e. The molecule has 14 heavy (non-hydrogen) atoms. The first-order valence-corrected chi connectivity index (χ1v) is 4.38. The maximum absolute atomic E-state index is 12.4. The average Bonchev–Trinajstić information content (AvgIpc) is 2.07. The summed E-state index contributed by atoms with van der Waals surface area (Å²) in [6, 6.07) is -2.10. The molecule has 0 aromatic heterocycles. The molecule has 6 heteroatoms. The van der Waals surface area contributed by atoms with Crippen LogP contribution in [0.5, 0.6) is 0 Å². The second-order valence-corrected chi connectivity index (χ2v) is 3.43. The first-order valence-electron chi connectivity index (χ1n) is 4.38. The number of likely N-dealkylation sites (tertiary alicyclic amines) is 1. The van der Waals surface area contributed by atoms with Gasteiger partial charge in [0.2, 0.25) is 5.91 Å². The van der Waals surface area contributed by atoms with Crippen molar-refractivity contribution in [3.8, 4) is 0 Å². The zero-order chi connectivity index (χ0) is 10.9. The van der Waals surface area contributed by atoms with Crippen molar-refractivity contribution in [2.24, 2.45) is 0 Å². The smallest absolute Gasteiger partial charge is 0.332 e. The van der Waals surface area contributed by atoms with Crippen LogP contribution in [0.1, 0.15) is 12.8 Å². The summed E-state index contributed by atoms with van der Waals surface area (Å²) in [5, 5.41) is 2.70. The lowest BCUT2D eigenvalue weighted by molar-refractivity contribution is -0.194. The Balaban J connectivity index is 2.74. The number of halogens is 3. The molecule has 1 aliphatic heterocycles. The zero-order valence-electron chi connectivity index (χ0n) is 8.06. The van der Waals surface area contributed by atoms with Gasteiger partial charge in [0.15, 0.2) is 0 Å². The third-order valence-electron chi connectivity index (χ3n) is 2.57. The van der Waals surface area contributed by atoms with Gasteiger partial charge in [0.05, 0.1) is 6.04 Å². The van der Waals surface area contributed by atoms with E-state index in [0.29, 0.717) is 0 Å². The van der Waals surface area contributed by atoms with E-state index in [1.807, 2.05) is 0 Å². The molecule has 0 radical (unpaired) electrons. The highest BCUT2D eigenvalue weighted by molar-refractivity contribution is 5.82. The molecule has 1 rings (SSSR count). The van der Waals surface area contributed by atoms with Gasteiger partial charge in [0, 0.05) is 7.05 Å². The summed E-state index contributed by atoms with van der Waals surface area (Å²) in [5.41, 5.74) is 0. The topological polar surface area (TPSA) is 32.3 Å². The number of rotatable bonds is 1. The quantitative estimate of drug-likeness (QED) is 0.693. The van der Waals surface area contributed by atoms with Gasteiger partial charge in [0.1, 0.15) is 6.04 Å². The Morgan fingerprint density at radius 3 is 2.43 bits per heavy atom. The highest BCUT2D eigenvalue weighted by Crippen LogP contribution is 2.31. The van der Waals surface area contributed by atoms with Crippen LogP contribution in [0, 0.1) is 0 Å². The fraction of sp³-hybridized carbons (Fsp3) is 0.875. The van der Waals surface area contributed by atoms with Gasteiger partial charge in [-0.05, 0) is 19.9 Å². The molecule has 2 atom stereocenters.